The number of para-hydroxylation sites is 1. The molecule has 106 valence electrons. The summed E-state index contributed by atoms with van der Waals surface area (Å²) in [5, 5.41) is 0. The summed E-state index contributed by atoms with van der Waals surface area (Å²) in [6.07, 6.45) is 3.07. The van der Waals surface area contributed by atoms with Crippen LogP contribution in [0.15, 0.2) is 23.1 Å². The second kappa shape index (κ2) is 5.79. The first-order valence-corrected chi connectivity index (χ1v) is 8.16. The molecule has 2 N–H and O–H groups in total. The van der Waals surface area contributed by atoms with Crippen molar-refractivity contribution in [2.24, 2.45) is 5.92 Å². The van der Waals surface area contributed by atoms with Gasteiger partial charge in [-0.3, -0.25) is 0 Å². The lowest BCUT2D eigenvalue weighted by atomic mass is 10.0. The van der Waals surface area contributed by atoms with Gasteiger partial charge in [0.1, 0.15) is 5.75 Å². The average molecular weight is 285 g/mol. The van der Waals surface area contributed by atoms with Crippen LogP contribution in [-0.2, 0) is 14.6 Å². The molecule has 0 spiro atoms. The van der Waals surface area contributed by atoms with E-state index in [1.165, 1.54) is 6.07 Å². The van der Waals surface area contributed by atoms with Gasteiger partial charge in [-0.25, -0.2) is 8.42 Å². The van der Waals surface area contributed by atoms with Gasteiger partial charge in [0.05, 0.1) is 17.2 Å². The maximum atomic E-state index is 11.6. The van der Waals surface area contributed by atoms with Crippen molar-refractivity contribution in [1.82, 2.24) is 0 Å². The lowest BCUT2D eigenvalue weighted by molar-refractivity contribution is 0.0498. The highest BCUT2D eigenvalue weighted by Gasteiger charge is 2.18. The third-order valence-electron chi connectivity index (χ3n) is 3.24. The second-order valence-corrected chi connectivity index (χ2v) is 6.79. The molecule has 19 heavy (non-hydrogen) atoms. The van der Waals surface area contributed by atoms with E-state index in [0.717, 1.165) is 32.3 Å². The minimum Gasteiger partial charge on any atom is -0.491 e. The molecule has 0 atom stereocenters. The van der Waals surface area contributed by atoms with E-state index in [1.54, 1.807) is 12.1 Å². The van der Waals surface area contributed by atoms with Crippen molar-refractivity contribution in [1.29, 1.82) is 0 Å². The van der Waals surface area contributed by atoms with Crippen molar-refractivity contribution >= 4 is 15.5 Å². The lowest BCUT2D eigenvalue weighted by Crippen LogP contribution is -2.21. The molecular weight excluding hydrogens is 266 g/mol. The number of hydrogen-bond donors (Lipinski definition) is 1. The first kappa shape index (κ1) is 14.1. The monoisotopic (exact) mass is 285 g/mol. The number of nitrogen functional groups attached to an aromatic ring is 1. The smallest absolute Gasteiger partial charge is 0.177 e. The van der Waals surface area contributed by atoms with Crippen LogP contribution in [0.25, 0.3) is 0 Å². The molecule has 0 radical (unpaired) electrons. The van der Waals surface area contributed by atoms with Gasteiger partial charge in [0.25, 0.3) is 0 Å². The summed E-state index contributed by atoms with van der Waals surface area (Å²) >= 11 is 0. The molecule has 1 aliphatic heterocycles. The van der Waals surface area contributed by atoms with Crippen molar-refractivity contribution in [2.75, 3.05) is 31.8 Å². The predicted molar refractivity (Wildman–Crippen MR) is 73.0 cm³/mol. The Kier molecular flexibility index (Phi) is 4.31. The van der Waals surface area contributed by atoms with Gasteiger partial charge >= 0.3 is 0 Å². The van der Waals surface area contributed by atoms with Crippen LogP contribution in [0.2, 0.25) is 0 Å². The molecule has 0 aromatic heterocycles. The summed E-state index contributed by atoms with van der Waals surface area (Å²) in [5.41, 5.74) is 6.05. The zero-order chi connectivity index (χ0) is 13.9. The largest absolute Gasteiger partial charge is 0.491 e. The summed E-state index contributed by atoms with van der Waals surface area (Å²) < 4.78 is 34.1. The number of rotatable bonds is 4. The van der Waals surface area contributed by atoms with Crippen LogP contribution in [0.5, 0.6) is 5.75 Å². The fourth-order valence-electron chi connectivity index (χ4n) is 2.09. The summed E-state index contributed by atoms with van der Waals surface area (Å²) in [7, 11) is -3.32. The molecular formula is C13H19NO4S. The Hall–Kier alpha value is -1.27. The molecule has 2 rings (SSSR count). The van der Waals surface area contributed by atoms with Crippen LogP contribution in [0.4, 0.5) is 5.69 Å². The van der Waals surface area contributed by atoms with Crippen LogP contribution >= 0.6 is 0 Å². The number of nitrogens with two attached hydrogens (primary N) is 1. The summed E-state index contributed by atoms with van der Waals surface area (Å²) in [6, 6.07) is 4.83. The zero-order valence-electron chi connectivity index (χ0n) is 11.0. The van der Waals surface area contributed by atoms with Crippen molar-refractivity contribution in [3.05, 3.63) is 18.2 Å². The van der Waals surface area contributed by atoms with Gasteiger partial charge in [-0.2, -0.15) is 0 Å². The first-order chi connectivity index (χ1) is 8.98. The molecule has 1 aliphatic rings. The van der Waals surface area contributed by atoms with Crippen LogP contribution in [0, 0.1) is 5.92 Å². The molecule has 0 amide bonds. The van der Waals surface area contributed by atoms with E-state index in [1.807, 2.05) is 0 Å². The Balaban J connectivity index is 2.08. The number of hydrogen-bond acceptors (Lipinski definition) is 5. The molecule has 0 unspecified atom stereocenters. The minimum atomic E-state index is -3.32. The number of sulfone groups is 1. The Morgan fingerprint density at radius 2 is 2.05 bits per heavy atom. The van der Waals surface area contributed by atoms with Crippen LogP contribution < -0.4 is 10.5 Å². The minimum absolute atomic E-state index is 0.122. The molecule has 1 fully saturated rings. The first-order valence-electron chi connectivity index (χ1n) is 6.27. The van der Waals surface area contributed by atoms with Crippen LogP contribution in [0.1, 0.15) is 12.8 Å². The normalized spacial score (nSPS) is 17.3. The van der Waals surface area contributed by atoms with E-state index in [-0.39, 0.29) is 10.6 Å². The highest BCUT2D eigenvalue weighted by atomic mass is 32.2. The lowest BCUT2D eigenvalue weighted by Gasteiger charge is -2.22. The maximum absolute atomic E-state index is 11.6. The topological polar surface area (TPSA) is 78.6 Å². The highest BCUT2D eigenvalue weighted by Crippen LogP contribution is 2.29. The van der Waals surface area contributed by atoms with E-state index in [2.05, 4.69) is 0 Å². The SMILES string of the molecule is CS(=O)(=O)c1cccc(OCC2CCOCC2)c1N. The molecule has 1 saturated heterocycles. The van der Waals surface area contributed by atoms with Gasteiger partial charge in [-0.15, -0.1) is 0 Å². The van der Waals surface area contributed by atoms with Gasteiger partial charge in [-0.1, -0.05) is 6.07 Å². The van der Waals surface area contributed by atoms with E-state index in [9.17, 15) is 8.42 Å². The quantitative estimate of drug-likeness (QED) is 0.848. The molecule has 1 heterocycles. The Labute approximate surface area is 113 Å². The third-order valence-corrected chi connectivity index (χ3v) is 4.40. The molecule has 5 nitrogen and oxygen atoms in total. The van der Waals surface area contributed by atoms with Crippen LogP contribution in [-0.4, -0.2) is 34.5 Å². The number of benzene rings is 1. The second-order valence-electron chi connectivity index (χ2n) is 4.81. The average Bonchev–Trinajstić information content (AvgIpc) is 2.37. The molecule has 6 heteroatoms. The summed E-state index contributed by atoms with van der Waals surface area (Å²) in [6.45, 7) is 2.06. The van der Waals surface area contributed by atoms with Crippen molar-refractivity contribution < 1.29 is 17.9 Å². The molecule has 1 aromatic carbocycles. The van der Waals surface area contributed by atoms with Gasteiger partial charge < -0.3 is 15.2 Å². The molecule has 0 saturated carbocycles. The fraction of sp³-hybridized carbons (Fsp3) is 0.538. The Bertz CT molecular complexity index is 536. The predicted octanol–water partition coefficient (Wildman–Crippen LogP) is 1.48. The number of anilines is 1. The fourth-order valence-corrected chi connectivity index (χ4v) is 2.92. The van der Waals surface area contributed by atoms with Crippen molar-refractivity contribution in [2.45, 2.75) is 17.7 Å². The van der Waals surface area contributed by atoms with Gasteiger partial charge in [-0.05, 0) is 30.9 Å². The van der Waals surface area contributed by atoms with E-state index >= 15 is 0 Å². The van der Waals surface area contributed by atoms with E-state index in [0.29, 0.717) is 18.3 Å². The third kappa shape index (κ3) is 3.61. The van der Waals surface area contributed by atoms with E-state index in [4.69, 9.17) is 15.2 Å². The van der Waals surface area contributed by atoms with Crippen molar-refractivity contribution in [3.8, 4) is 5.75 Å². The van der Waals surface area contributed by atoms with Crippen LogP contribution in [0.3, 0.4) is 0 Å². The zero-order valence-corrected chi connectivity index (χ0v) is 11.8. The molecule has 1 aromatic rings. The van der Waals surface area contributed by atoms with Gasteiger partial charge in [0.15, 0.2) is 9.84 Å². The number of ether oxygens (including phenoxy) is 2. The van der Waals surface area contributed by atoms with E-state index < -0.39 is 9.84 Å². The summed E-state index contributed by atoms with van der Waals surface area (Å²) in [5.74, 6) is 0.879. The maximum Gasteiger partial charge on any atom is 0.177 e. The Morgan fingerprint density at radius 3 is 2.68 bits per heavy atom. The standard InChI is InChI=1S/C13H19NO4S/c1-19(15,16)12-4-2-3-11(13(12)14)18-9-10-5-7-17-8-6-10/h2-4,10H,5-9,14H2,1H3. The van der Waals surface area contributed by atoms with Gasteiger partial charge in [0.2, 0.25) is 0 Å². The summed E-state index contributed by atoms with van der Waals surface area (Å²) in [4.78, 5) is 0.122. The Morgan fingerprint density at radius 1 is 1.37 bits per heavy atom. The van der Waals surface area contributed by atoms with Gasteiger partial charge in [0, 0.05) is 19.5 Å². The van der Waals surface area contributed by atoms with Crippen molar-refractivity contribution in [3.63, 3.8) is 0 Å². The molecule has 0 bridgehead atoms. The highest BCUT2D eigenvalue weighted by molar-refractivity contribution is 7.90. The molecule has 0 aliphatic carbocycles.